The lowest BCUT2D eigenvalue weighted by Gasteiger charge is -2.36. The third-order valence-corrected chi connectivity index (χ3v) is 8.03. The van der Waals surface area contributed by atoms with Gasteiger partial charge in [-0.15, -0.1) is 0 Å². The summed E-state index contributed by atoms with van der Waals surface area (Å²) in [4.78, 5) is 2.69. The van der Waals surface area contributed by atoms with E-state index in [2.05, 4.69) is 45.7 Å². The van der Waals surface area contributed by atoms with Crippen molar-refractivity contribution in [3.8, 4) is 0 Å². The van der Waals surface area contributed by atoms with E-state index in [1.807, 2.05) is 24.3 Å². The Morgan fingerprint density at radius 1 is 1.04 bits per heavy atom. The summed E-state index contributed by atoms with van der Waals surface area (Å²) in [7, 11) is -1.48. The summed E-state index contributed by atoms with van der Waals surface area (Å²) < 4.78 is 29.1. The van der Waals surface area contributed by atoms with Gasteiger partial charge in [-0.3, -0.25) is 4.31 Å². The van der Waals surface area contributed by atoms with Crippen molar-refractivity contribution in [2.24, 2.45) is 0 Å². The minimum atomic E-state index is -3.60. The van der Waals surface area contributed by atoms with Crippen LogP contribution in [-0.2, 0) is 15.4 Å². The quantitative estimate of drug-likeness (QED) is 0.758. The maximum absolute atomic E-state index is 13.7. The summed E-state index contributed by atoms with van der Waals surface area (Å²) in [6.45, 7) is 10.3. The number of likely N-dealkylation sites (N-methyl/N-ethyl adjacent to an activating group) is 1. The monoisotopic (exact) mass is 398 g/mol. The molecule has 2 aliphatic rings. The fraction of sp³-hybridized carbons (Fsp3) is 0.478. The number of fused-ring (bicyclic) bond motifs is 3. The fourth-order valence-corrected chi connectivity index (χ4v) is 6.33. The first-order valence-electron chi connectivity index (χ1n) is 10.0. The minimum absolute atomic E-state index is 0.000271. The van der Waals surface area contributed by atoms with Crippen LogP contribution in [0.4, 0.5) is 5.69 Å². The highest BCUT2D eigenvalue weighted by Crippen LogP contribution is 2.47. The first kappa shape index (κ1) is 19.5. The van der Waals surface area contributed by atoms with Crippen molar-refractivity contribution in [1.29, 1.82) is 0 Å². The molecule has 4 nitrogen and oxygen atoms in total. The van der Waals surface area contributed by atoms with Gasteiger partial charge in [0, 0.05) is 12.5 Å². The molecule has 0 spiro atoms. The number of hydrogen-bond acceptors (Lipinski definition) is 3. The van der Waals surface area contributed by atoms with Crippen molar-refractivity contribution in [3.05, 3.63) is 59.2 Å². The second kappa shape index (κ2) is 6.60. The molecule has 2 aromatic carbocycles. The second-order valence-corrected chi connectivity index (χ2v) is 11.2. The molecule has 1 fully saturated rings. The van der Waals surface area contributed by atoms with Gasteiger partial charge in [-0.2, -0.15) is 0 Å². The zero-order valence-electron chi connectivity index (χ0n) is 17.4. The number of anilines is 1. The van der Waals surface area contributed by atoms with E-state index < -0.39 is 10.0 Å². The minimum Gasteiger partial charge on any atom is -0.306 e. The molecule has 28 heavy (non-hydrogen) atoms. The first-order chi connectivity index (χ1) is 13.1. The van der Waals surface area contributed by atoms with Crippen molar-refractivity contribution in [2.45, 2.75) is 56.4 Å². The number of benzene rings is 2. The van der Waals surface area contributed by atoms with Crippen LogP contribution in [0.2, 0.25) is 0 Å². The Kier molecular flexibility index (Phi) is 4.59. The number of aryl methyl sites for hydroxylation is 1. The SMILES string of the molecule is Cc1ccc2c(c1)[C@@H]1CN(C)CC[C@H]1N2S(=O)(=O)c1ccc(C(C)(C)C)cc1. The molecule has 2 heterocycles. The van der Waals surface area contributed by atoms with Gasteiger partial charge >= 0.3 is 0 Å². The van der Waals surface area contributed by atoms with Gasteiger partial charge in [-0.05, 0) is 61.7 Å². The van der Waals surface area contributed by atoms with E-state index in [9.17, 15) is 8.42 Å². The van der Waals surface area contributed by atoms with Crippen molar-refractivity contribution in [2.75, 3.05) is 24.4 Å². The van der Waals surface area contributed by atoms with Crippen LogP contribution in [0.3, 0.4) is 0 Å². The fourth-order valence-electron chi connectivity index (χ4n) is 4.59. The van der Waals surface area contributed by atoms with Crippen molar-refractivity contribution >= 4 is 15.7 Å². The topological polar surface area (TPSA) is 40.6 Å². The lowest BCUT2D eigenvalue weighted by Crippen LogP contribution is -2.47. The molecule has 0 N–H and O–H groups in total. The number of rotatable bonds is 2. The number of likely N-dealkylation sites (tertiary alicyclic amines) is 1. The van der Waals surface area contributed by atoms with Crippen LogP contribution in [-0.4, -0.2) is 39.5 Å². The standard InChI is InChI=1S/C23H30N2O2S/c1-16-6-11-21-19(14-16)20-15-24(5)13-12-22(20)25(21)28(26,27)18-9-7-17(8-10-18)23(2,3)4/h6-11,14,20,22H,12-13,15H2,1-5H3/t20-,22+/m0/s1. The van der Waals surface area contributed by atoms with E-state index >= 15 is 0 Å². The average molecular weight is 399 g/mol. The zero-order valence-corrected chi connectivity index (χ0v) is 18.3. The van der Waals surface area contributed by atoms with Crippen LogP contribution in [0.5, 0.6) is 0 Å². The van der Waals surface area contributed by atoms with Crippen LogP contribution >= 0.6 is 0 Å². The Morgan fingerprint density at radius 3 is 2.36 bits per heavy atom. The van der Waals surface area contributed by atoms with Crippen LogP contribution in [0.1, 0.15) is 49.8 Å². The van der Waals surface area contributed by atoms with Crippen molar-refractivity contribution in [1.82, 2.24) is 4.90 Å². The Bertz CT molecular complexity index is 990. The lowest BCUT2D eigenvalue weighted by atomic mass is 9.87. The van der Waals surface area contributed by atoms with Gasteiger partial charge in [-0.25, -0.2) is 8.42 Å². The molecule has 5 heteroatoms. The molecule has 0 aliphatic carbocycles. The first-order valence-corrected chi connectivity index (χ1v) is 11.5. The van der Waals surface area contributed by atoms with E-state index in [4.69, 9.17) is 0 Å². The van der Waals surface area contributed by atoms with E-state index in [1.165, 1.54) is 11.1 Å². The third kappa shape index (κ3) is 3.15. The summed E-state index contributed by atoms with van der Waals surface area (Å²) in [5.74, 6) is 0.234. The molecular formula is C23H30N2O2S. The van der Waals surface area contributed by atoms with Crippen LogP contribution in [0.15, 0.2) is 47.4 Å². The Morgan fingerprint density at radius 2 is 1.71 bits per heavy atom. The third-order valence-electron chi connectivity index (χ3n) is 6.18. The largest absolute Gasteiger partial charge is 0.306 e. The Hall–Kier alpha value is -1.85. The van der Waals surface area contributed by atoms with Gasteiger partial charge in [0.15, 0.2) is 0 Å². The molecule has 2 atom stereocenters. The van der Waals surface area contributed by atoms with Gasteiger partial charge < -0.3 is 4.90 Å². The highest BCUT2D eigenvalue weighted by Gasteiger charge is 2.46. The highest BCUT2D eigenvalue weighted by atomic mass is 32.2. The predicted octanol–water partition coefficient (Wildman–Crippen LogP) is 4.29. The maximum atomic E-state index is 13.7. The molecule has 0 saturated carbocycles. The van der Waals surface area contributed by atoms with Gasteiger partial charge in [0.2, 0.25) is 0 Å². The lowest BCUT2D eigenvalue weighted by molar-refractivity contribution is 0.237. The van der Waals surface area contributed by atoms with Crippen molar-refractivity contribution in [3.63, 3.8) is 0 Å². The van der Waals surface area contributed by atoms with Crippen molar-refractivity contribution < 1.29 is 8.42 Å². The number of piperidine rings is 1. The molecular weight excluding hydrogens is 368 g/mol. The van der Waals surface area contributed by atoms with Crippen LogP contribution < -0.4 is 4.31 Å². The van der Waals surface area contributed by atoms with E-state index in [1.54, 1.807) is 16.4 Å². The summed E-state index contributed by atoms with van der Waals surface area (Å²) in [5, 5.41) is 0. The van der Waals surface area contributed by atoms with Gasteiger partial charge in [0.05, 0.1) is 16.6 Å². The molecule has 0 aromatic heterocycles. The summed E-state index contributed by atoms with van der Waals surface area (Å²) >= 11 is 0. The molecule has 2 aromatic rings. The number of sulfonamides is 1. The molecule has 150 valence electrons. The molecule has 4 rings (SSSR count). The predicted molar refractivity (Wildman–Crippen MR) is 115 cm³/mol. The molecule has 0 unspecified atom stereocenters. The Labute approximate surface area is 169 Å². The van der Waals surface area contributed by atoms with Crippen LogP contribution in [0, 0.1) is 6.92 Å². The maximum Gasteiger partial charge on any atom is 0.264 e. The Balaban J connectivity index is 1.79. The van der Waals surface area contributed by atoms with E-state index in [-0.39, 0.29) is 17.4 Å². The highest BCUT2D eigenvalue weighted by molar-refractivity contribution is 7.92. The average Bonchev–Trinajstić information content (AvgIpc) is 2.95. The van der Waals surface area contributed by atoms with Crippen LogP contribution in [0.25, 0.3) is 0 Å². The van der Waals surface area contributed by atoms with E-state index in [0.29, 0.717) is 4.90 Å². The molecule has 0 bridgehead atoms. The van der Waals surface area contributed by atoms with Gasteiger partial charge in [0.25, 0.3) is 10.0 Å². The number of hydrogen-bond donors (Lipinski definition) is 0. The van der Waals surface area contributed by atoms with E-state index in [0.717, 1.165) is 30.8 Å². The molecule has 2 aliphatic heterocycles. The smallest absolute Gasteiger partial charge is 0.264 e. The number of nitrogens with zero attached hydrogens (tertiary/aromatic N) is 2. The molecule has 0 amide bonds. The normalized spacial score (nSPS) is 22.8. The zero-order chi connectivity index (χ0) is 20.3. The summed E-state index contributed by atoms with van der Waals surface area (Å²) in [5.41, 5.74) is 4.35. The second-order valence-electron chi connectivity index (χ2n) is 9.36. The summed E-state index contributed by atoms with van der Waals surface area (Å²) in [6.07, 6.45) is 0.855. The van der Waals surface area contributed by atoms with Gasteiger partial charge in [0.1, 0.15) is 0 Å². The molecule has 1 saturated heterocycles. The summed E-state index contributed by atoms with van der Waals surface area (Å²) in [6, 6.07) is 13.6. The van der Waals surface area contributed by atoms with Gasteiger partial charge in [-0.1, -0.05) is 50.6 Å². The molecule has 0 radical (unpaired) electrons.